The number of carboxylic acid groups (broad SMARTS) is 1. The molecule has 0 radical (unpaired) electrons. The van der Waals surface area contributed by atoms with Crippen LogP contribution in [0.5, 0.6) is 0 Å². The van der Waals surface area contributed by atoms with Crippen LogP contribution < -0.4 is 5.32 Å². The van der Waals surface area contributed by atoms with Crippen LogP contribution in [0.15, 0.2) is 24.3 Å². The molecule has 0 saturated heterocycles. The van der Waals surface area contributed by atoms with Gasteiger partial charge in [0.15, 0.2) is 6.04 Å². The standard InChI is InChI=1S/C31H56NO10P/c1-3-5-7-8-9-10-11-12-13-14-15-16-17-18-19-20-21-22-29(34)32-28(31(36)37)26-42-43(38,39)41-25-27(33)24-40-30(35)23-6-4-2/h9-10,12-13,27-28,33H,3-8,11,14-26H2,1-2H3,(H,32,34)(H,36,37)(H,38,39)/b10-9-,13-12-. The molecule has 0 heterocycles. The van der Waals surface area contributed by atoms with Crippen molar-refractivity contribution in [1.29, 1.82) is 0 Å². The van der Waals surface area contributed by atoms with Crippen molar-refractivity contribution in [2.45, 2.75) is 135 Å². The lowest BCUT2D eigenvalue weighted by molar-refractivity contribution is -0.147. The predicted octanol–water partition coefficient (Wildman–Crippen LogP) is 6.38. The lowest BCUT2D eigenvalue weighted by Crippen LogP contribution is -2.43. The van der Waals surface area contributed by atoms with Crippen molar-refractivity contribution in [3.8, 4) is 0 Å². The fourth-order valence-corrected chi connectivity index (χ4v) is 4.68. The number of phosphoric acid groups is 1. The number of hydrogen-bond acceptors (Lipinski definition) is 8. The summed E-state index contributed by atoms with van der Waals surface area (Å²) in [4.78, 5) is 44.9. The molecule has 0 aromatic heterocycles. The highest BCUT2D eigenvalue weighted by molar-refractivity contribution is 7.47. The summed E-state index contributed by atoms with van der Waals surface area (Å²) in [6, 6.07) is -1.54. The Labute approximate surface area is 258 Å². The maximum absolute atomic E-state index is 12.2. The molecule has 0 rings (SSSR count). The van der Waals surface area contributed by atoms with Crippen molar-refractivity contribution in [2.24, 2.45) is 0 Å². The minimum absolute atomic E-state index is 0.137. The average molecular weight is 634 g/mol. The summed E-state index contributed by atoms with van der Waals surface area (Å²) >= 11 is 0. The van der Waals surface area contributed by atoms with Crippen LogP contribution in [0.2, 0.25) is 0 Å². The van der Waals surface area contributed by atoms with Gasteiger partial charge in [-0.2, -0.15) is 0 Å². The second kappa shape index (κ2) is 27.5. The second-order valence-corrected chi connectivity index (χ2v) is 12.1. The summed E-state index contributed by atoms with van der Waals surface area (Å²) in [5, 5.41) is 21.4. The van der Waals surface area contributed by atoms with Crippen molar-refractivity contribution in [3.05, 3.63) is 24.3 Å². The number of phosphoric ester groups is 1. The Morgan fingerprint density at radius 2 is 1.30 bits per heavy atom. The van der Waals surface area contributed by atoms with Gasteiger partial charge in [-0.15, -0.1) is 0 Å². The number of carbonyl (C=O) groups excluding carboxylic acids is 2. The quantitative estimate of drug-likeness (QED) is 0.0314. The third-order valence-corrected chi connectivity index (χ3v) is 7.44. The second-order valence-electron chi connectivity index (χ2n) is 10.6. The topological polar surface area (TPSA) is 169 Å². The Morgan fingerprint density at radius 1 is 0.744 bits per heavy atom. The van der Waals surface area contributed by atoms with Gasteiger partial charge in [-0.25, -0.2) is 9.36 Å². The summed E-state index contributed by atoms with van der Waals surface area (Å²) in [6.07, 6.45) is 23.5. The Bertz CT molecular complexity index is 848. The van der Waals surface area contributed by atoms with Crippen molar-refractivity contribution < 1.29 is 47.8 Å². The van der Waals surface area contributed by atoms with E-state index in [9.17, 15) is 34.1 Å². The molecular weight excluding hydrogens is 577 g/mol. The molecule has 0 aliphatic heterocycles. The van der Waals surface area contributed by atoms with E-state index in [2.05, 4.69) is 45.6 Å². The lowest BCUT2D eigenvalue weighted by atomic mass is 10.1. The first kappa shape index (κ1) is 41.0. The van der Waals surface area contributed by atoms with Crippen LogP contribution in [-0.2, 0) is 32.7 Å². The molecule has 0 spiro atoms. The van der Waals surface area contributed by atoms with Gasteiger partial charge >= 0.3 is 19.8 Å². The molecule has 0 aliphatic rings. The number of aliphatic carboxylic acids is 1. The minimum Gasteiger partial charge on any atom is -0.480 e. The highest BCUT2D eigenvalue weighted by atomic mass is 31.2. The van der Waals surface area contributed by atoms with Crippen molar-refractivity contribution in [1.82, 2.24) is 5.32 Å². The van der Waals surface area contributed by atoms with Crippen LogP contribution in [0.1, 0.15) is 123 Å². The van der Waals surface area contributed by atoms with Gasteiger partial charge in [-0.05, 0) is 44.9 Å². The van der Waals surface area contributed by atoms with E-state index < -0.39 is 57.6 Å². The molecule has 11 nitrogen and oxygen atoms in total. The molecular formula is C31H56NO10P. The normalized spacial score (nSPS) is 14.5. The molecule has 1 amide bonds. The van der Waals surface area contributed by atoms with Gasteiger partial charge in [0.1, 0.15) is 12.7 Å². The van der Waals surface area contributed by atoms with Gasteiger partial charge in [-0.3, -0.25) is 18.6 Å². The summed E-state index contributed by atoms with van der Waals surface area (Å²) in [5.41, 5.74) is 0. The van der Waals surface area contributed by atoms with Gasteiger partial charge in [0.25, 0.3) is 0 Å². The van der Waals surface area contributed by atoms with Crippen molar-refractivity contribution >= 4 is 25.7 Å². The number of carbonyl (C=O) groups is 3. The Kier molecular flexibility index (Phi) is 26.2. The largest absolute Gasteiger partial charge is 0.480 e. The molecule has 0 bridgehead atoms. The van der Waals surface area contributed by atoms with Crippen LogP contribution in [-0.4, -0.2) is 64.9 Å². The predicted molar refractivity (Wildman–Crippen MR) is 166 cm³/mol. The molecule has 3 unspecified atom stereocenters. The summed E-state index contributed by atoms with van der Waals surface area (Å²) < 4.78 is 26.2. The maximum Gasteiger partial charge on any atom is 0.472 e. The highest BCUT2D eigenvalue weighted by Crippen LogP contribution is 2.43. The highest BCUT2D eigenvalue weighted by Gasteiger charge is 2.28. The third-order valence-electron chi connectivity index (χ3n) is 6.49. The van der Waals surface area contributed by atoms with Gasteiger partial charge in [0.2, 0.25) is 5.91 Å². The Morgan fingerprint density at radius 3 is 1.91 bits per heavy atom. The smallest absolute Gasteiger partial charge is 0.472 e. The monoisotopic (exact) mass is 633 g/mol. The fraction of sp³-hybridized carbons (Fsp3) is 0.774. The number of rotatable bonds is 29. The summed E-state index contributed by atoms with van der Waals surface area (Å²) in [7, 11) is -4.73. The zero-order valence-electron chi connectivity index (χ0n) is 26.3. The molecule has 4 N–H and O–H groups in total. The van der Waals surface area contributed by atoms with E-state index >= 15 is 0 Å². The molecule has 43 heavy (non-hydrogen) atoms. The average Bonchev–Trinajstić information content (AvgIpc) is 2.97. The van der Waals surface area contributed by atoms with Gasteiger partial charge in [0.05, 0.1) is 13.2 Å². The summed E-state index contributed by atoms with van der Waals surface area (Å²) in [6.45, 7) is 2.22. The van der Waals surface area contributed by atoms with Gasteiger partial charge in [-0.1, -0.05) is 89.5 Å². The number of aliphatic hydroxyl groups is 1. The first-order valence-electron chi connectivity index (χ1n) is 15.9. The molecule has 3 atom stereocenters. The number of esters is 1. The van der Waals surface area contributed by atoms with Gasteiger partial charge in [0, 0.05) is 12.8 Å². The van der Waals surface area contributed by atoms with E-state index in [4.69, 9.17) is 4.74 Å². The Balaban J connectivity index is 3.98. The Hall–Kier alpha value is -2.04. The fourth-order valence-electron chi connectivity index (χ4n) is 3.91. The van der Waals surface area contributed by atoms with E-state index in [1.54, 1.807) is 0 Å². The SMILES string of the molecule is CCCCC/C=C\C/C=C\CCCCCCCCCC(=O)NC(COP(=O)(O)OCC(O)COC(=O)CCCC)C(=O)O. The maximum atomic E-state index is 12.2. The lowest BCUT2D eigenvalue weighted by Gasteiger charge is -2.18. The van der Waals surface area contributed by atoms with E-state index in [0.717, 1.165) is 44.9 Å². The number of carboxylic acids is 1. The van der Waals surface area contributed by atoms with Crippen LogP contribution in [0, 0.1) is 0 Å². The molecule has 0 aromatic rings. The number of amides is 1. The number of ether oxygens (including phenoxy) is 1. The summed E-state index contributed by atoms with van der Waals surface area (Å²) in [5.74, 6) is -2.43. The number of hydrogen-bond donors (Lipinski definition) is 4. The molecule has 0 fully saturated rings. The van der Waals surface area contributed by atoms with E-state index in [1.807, 2.05) is 6.92 Å². The first-order chi connectivity index (χ1) is 20.6. The van der Waals surface area contributed by atoms with Crippen LogP contribution >= 0.6 is 7.82 Å². The first-order valence-corrected chi connectivity index (χ1v) is 17.4. The molecule has 12 heteroatoms. The van der Waals surface area contributed by atoms with E-state index in [0.29, 0.717) is 12.8 Å². The molecule has 0 saturated carbocycles. The van der Waals surface area contributed by atoms with E-state index in [1.165, 1.54) is 38.5 Å². The van der Waals surface area contributed by atoms with Crippen molar-refractivity contribution in [3.63, 3.8) is 0 Å². The third kappa shape index (κ3) is 27.3. The number of nitrogens with one attached hydrogen (secondary N) is 1. The number of unbranched alkanes of at least 4 members (excludes halogenated alkanes) is 11. The number of allylic oxidation sites excluding steroid dienone is 4. The molecule has 250 valence electrons. The van der Waals surface area contributed by atoms with Crippen molar-refractivity contribution in [2.75, 3.05) is 19.8 Å². The molecule has 0 aliphatic carbocycles. The molecule has 0 aromatic carbocycles. The van der Waals surface area contributed by atoms with Crippen LogP contribution in [0.3, 0.4) is 0 Å². The van der Waals surface area contributed by atoms with Gasteiger partial charge < -0.3 is 25.2 Å². The van der Waals surface area contributed by atoms with E-state index in [-0.39, 0.29) is 12.8 Å². The number of aliphatic hydroxyl groups excluding tert-OH is 1. The minimum atomic E-state index is -4.73. The van der Waals surface area contributed by atoms with Crippen LogP contribution in [0.4, 0.5) is 0 Å². The zero-order chi connectivity index (χ0) is 32.2. The zero-order valence-corrected chi connectivity index (χ0v) is 27.1. The van der Waals surface area contributed by atoms with Crippen LogP contribution in [0.25, 0.3) is 0 Å².